The molecule has 0 aliphatic heterocycles. The average molecular weight is 476 g/mol. The van der Waals surface area contributed by atoms with Crippen LogP contribution in [0, 0.1) is 11.3 Å². The van der Waals surface area contributed by atoms with Crippen LogP contribution in [0.1, 0.15) is 5.56 Å². The molecule has 1 heterocycles. The number of carbonyl (C=O) groups excluding carboxylic acids is 1. The Morgan fingerprint density at radius 2 is 1.89 bits per heavy atom. The van der Waals surface area contributed by atoms with Crippen molar-refractivity contribution in [1.82, 2.24) is 9.97 Å². The molecule has 28 heavy (non-hydrogen) atoms. The van der Waals surface area contributed by atoms with E-state index in [-0.39, 0.29) is 28.1 Å². The lowest BCUT2D eigenvalue weighted by Crippen LogP contribution is -2.17. The molecule has 0 bridgehead atoms. The van der Waals surface area contributed by atoms with Gasteiger partial charge in [0.05, 0.1) is 11.4 Å². The van der Waals surface area contributed by atoms with E-state index in [0.717, 1.165) is 16.2 Å². The Labute approximate surface area is 178 Å². The van der Waals surface area contributed by atoms with Gasteiger partial charge < -0.3 is 10.3 Å². The summed E-state index contributed by atoms with van der Waals surface area (Å²) in [6, 6.07) is 15.7. The van der Waals surface area contributed by atoms with Crippen LogP contribution in [0.5, 0.6) is 0 Å². The fourth-order valence-electron chi connectivity index (χ4n) is 2.31. The first-order valence-corrected chi connectivity index (χ1v) is 10.1. The van der Waals surface area contributed by atoms with Crippen molar-refractivity contribution < 1.29 is 4.79 Å². The highest BCUT2D eigenvalue weighted by Gasteiger charge is 2.14. The number of nitrogens with one attached hydrogen (secondary N) is 2. The fourth-order valence-corrected chi connectivity index (χ4v) is 3.36. The van der Waals surface area contributed by atoms with E-state index >= 15 is 0 Å². The monoisotopic (exact) mass is 474 g/mol. The molecule has 0 aliphatic rings. The first-order valence-electron chi connectivity index (χ1n) is 7.95. The van der Waals surface area contributed by atoms with Crippen molar-refractivity contribution in [3.05, 3.63) is 73.9 Å². The van der Waals surface area contributed by atoms with Gasteiger partial charge >= 0.3 is 0 Å². The Kier molecular flexibility index (Phi) is 6.52. The summed E-state index contributed by atoms with van der Waals surface area (Å²) in [6.45, 7) is 0. The molecule has 2 aromatic carbocycles. The molecule has 140 valence electrons. The number of rotatable bonds is 5. The molecule has 9 heteroatoms. The highest BCUT2D eigenvalue weighted by Crippen LogP contribution is 2.23. The fraction of sp³-hybridized carbons (Fsp3) is 0.0526. The smallest absolute Gasteiger partial charge is 0.270 e. The molecule has 0 saturated heterocycles. The second-order valence-electron chi connectivity index (χ2n) is 5.56. The van der Waals surface area contributed by atoms with Gasteiger partial charge in [-0.15, -0.1) is 0 Å². The van der Waals surface area contributed by atoms with Crippen LogP contribution in [0.2, 0.25) is 5.02 Å². The maximum atomic E-state index is 12.2. The number of hydrogen-bond donors (Lipinski definition) is 2. The van der Waals surface area contributed by atoms with E-state index in [4.69, 9.17) is 11.6 Å². The molecule has 1 aromatic heterocycles. The van der Waals surface area contributed by atoms with Crippen LogP contribution in [0.4, 0.5) is 5.69 Å². The highest BCUT2D eigenvalue weighted by atomic mass is 79.9. The summed E-state index contributed by atoms with van der Waals surface area (Å²) in [5, 5.41) is 12.8. The number of carbonyl (C=O) groups is 1. The number of benzene rings is 2. The molecule has 0 fully saturated rings. The summed E-state index contributed by atoms with van der Waals surface area (Å²) >= 11 is 10.3. The lowest BCUT2D eigenvalue weighted by molar-refractivity contribution is -0.113. The quantitative estimate of drug-likeness (QED) is 0.419. The Hall–Kier alpha value is -2.60. The topological polar surface area (TPSA) is 98.6 Å². The van der Waals surface area contributed by atoms with Gasteiger partial charge in [-0.3, -0.25) is 9.59 Å². The number of nitrogens with zero attached hydrogens (tertiary/aromatic N) is 2. The molecule has 0 unspecified atom stereocenters. The third kappa shape index (κ3) is 5.01. The Morgan fingerprint density at radius 3 is 2.54 bits per heavy atom. The van der Waals surface area contributed by atoms with Crippen molar-refractivity contribution in [3.8, 4) is 17.3 Å². The summed E-state index contributed by atoms with van der Waals surface area (Å²) in [4.78, 5) is 31.3. The van der Waals surface area contributed by atoms with E-state index in [1.165, 1.54) is 0 Å². The van der Waals surface area contributed by atoms with E-state index < -0.39 is 5.56 Å². The first kappa shape index (κ1) is 20.1. The molecule has 0 saturated carbocycles. The zero-order chi connectivity index (χ0) is 20.1. The van der Waals surface area contributed by atoms with Crippen LogP contribution in [0.15, 0.2) is 63.0 Å². The number of amides is 1. The van der Waals surface area contributed by atoms with Crippen LogP contribution in [-0.2, 0) is 4.79 Å². The van der Waals surface area contributed by atoms with E-state index in [2.05, 4.69) is 31.2 Å². The van der Waals surface area contributed by atoms with Gasteiger partial charge in [-0.25, -0.2) is 4.98 Å². The lowest BCUT2D eigenvalue weighted by Gasteiger charge is -2.07. The third-order valence-electron chi connectivity index (χ3n) is 3.60. The number of nitriles is 1. The summed E-state index contributed by atoms with van der Waals surface area (Å²) in [7, 11) is 0. The molecular formula is C19H12BrClN4O2S. The number of anilines is 1. The molecule has 0 spiro atoms. The van der Waals surface area contributed by atoms with Gasteiger partial charge in [0.25, 0.3) is 5.56 Å². The minimum Gasteiger partial charge on any atom is -0.325 e. The molecule has 6 nitrogen and oxygen atoms in total. The van der Waals surface area contributed by atoms with Crippen molar-refractivity contribution >= 4 is 50.9 Å². The van der Waals surface area contributed by atoms with Crippen molar-refractivity contribution in [3.63, 3.8) is 0 Å². The average Bonchev–Trinajstić information content (AvgIpc) is 2.68. The van der Waals surface area contributed by atoms with Crippen LogP contribution in [0.3, 0.4) is 0 Å². The molecule has 0 atom stereocenters. The third-order valence-corrected chi connectivity index (χ3v) is 5.25. The number of hydrogen-bond acceptors (Lipinski definition) is 5. The predicted octanol–water partition coefficient (Wildman–Crippen LogP) is 4.46. The van der Waals surface area contributed by atoms with E-state index in [1.807, 2.05) is 18.2 Å². The van der Waals surface area contributed by atoms with Crippen LogP contribution >= 0.6 is 39.3 Å². The number of thioether (sulfide) groups is 1. The number of H-pyrrole nitrogens is 1. The Bertz CT molecular complexity index is 1110. The van der Waals surface area contributed by atoms with Crippen molar-refractivity contribution in [2.75, 3.05) is 11.1 Å². The van der Waals surface area contributed by atoms with Crippen LogP contribution < -0.4 is 10.9 Å². The van der Waals surface area contributed by atoms with Gasteiger partial charge in [-0.2, -0.15) is 5.26 Å². The highest BCUT2D eigenvalue weighted by molar-refractivity contribution is 9.10. The maximum absolute atomic E-state index is 12.2. The van der Waals surface area contributed by atoms with E-state index in [9.17, 15) is 14.9 Å². The van der Waals surface area contributed by atoms with Gasteiger partial charge in [0.2, 0.25) is 5.91 Å². The van der Waals surface area contributed by atoms with Crippen molar-refractivity contribution in [2.45, 2.75) is 5.16 Å². The van der Waals surface area contributed by atoms with Gasteiger partial charge in [0, 0.05) is 20.7 Å². The molecule has 3 aromatic rings. The van der Waals surface area contributed by atoms with E-state index in [1.54, 1.807) is 36.4 Å². The molecule has 2 N–H and O–H groups in total. The number of aromatic amines is 1. The largest absolute Gasteiger partial charge is 0.325 e. The zero-order valence-corrected chi connectivity index (χ0v) is 17.4. The number of aromatic nitrogens is 2. The second kappa shape index (κ2) is 9.06. The van der Waals surface area contributed by atoms with E-state index in [0.29, 0.717) is 16.3 Å². The van der Waals surface area contributed by atoms with Gasteiger partial charge in [-0.1, -0.05) is 51.4 Å². The molecule has 0 aliphatic carbocycles. The Morgan fingerprint density at radius 1 is 1.21 bits per heavy atom. The van der Waals surface area contributed by atoms with Crippen molar-refractivity contribution in [2.24, 2.45) is 0 Å². The molecule has 3 rings (SSSR count). The zero-order valence-electron chi connectivity index (χ0n) is 14.2. The van der Waals surface area contributed by atoms with Crippen LogP contribution in [0.25, 0.3) is 11.3 Å². The second-order valence-corrected chi connectivity index (χ2v) is 7.87. The van der Waals surface area contributed by atoms with Gasteiger partial charge in [0.1, 0.15) is 11.6 Å². The lowest BCUT2D eigenvalue weighted by atomic mass is 10.1. The summed E-state index contributed by atoms with van der Waals surface area (Å²) < 4.78 is 0.911. The minimum absolute atomic E-state index is 0.0466. The molecule has 0 radical (unpaired) electrons. The van der Waals surface area contributed by atoms with Crippen LogP contribution in [-0.4, -0.2) is 21.6 Å². The summed E-state index contributed by atoms with van der Waals surface area (Å²) in [5.74, 6) is -0.197. The molecule has 1 amide bonds. The van der Waals surface area contributed by atoms with Gasteiger partial charge in [0.15, 0.2) is 5.16 Å². The summed E-state index contributed by atoms with van der Waals surface area (Å²) in [5.41, 5.74) is 0.855. The normalized spacial score (nSPS) is 10.3. The van der Waals surface area contributed by atoms with Crippen molar-refractivity contribution in [1.29, 1.82) is 5.26 Å². The maximum Gasteiger partial charge on any atom is 0.270 e. The Balaban J connectivity index is 1.78. The summed E-state index contributed by atoms with van der Waals surface area (Å²) in [6.07, 6.45) is 0. The minimum atomic E-state index is -0.557. The first-order chi connectivity index (χ1) is 13.5. The van der Waals surface area contributed by atoms with Gasteiger partial charge in [-0.05, 0) is 36.4 Å². The number of halogens is 2. The predicted molar refractivity (Wildman–Crippen MR) is 114 cm³/mol. The SMILES string of the molecule is N#Cc1c(-c2ccc(Cl)cc2)nc(SCC(=O)Nc2ccc(Br)cc2)[nH]c1=O. The standard InChI is InChI=1S/C19H12BrClN4O2S/c20-12-3-7-14(8-4-12)23-16(26)10-28-19-24-17(15(9-22)18(27)25-19)11-1-5-13(21)6-2-11/h1-8H,10H2,(H,23,26)(H,24,25,27). The molecular weight excluding hydrogens is 464 g/mol.